The Morgan fingerprint density at radius 1 is 1.25 bits per heavy atom. The molecule has 3 N–H and O–H groups in total. The summed E-state index contributed by atoms with van der Waals surface area (Å²) in [5.41, 5.74) is 7.68. The van der Waals surface area contributed by atoms with Crippen LogP contribution in [0.15, 0.2) is 0 Å². The van der Waals surface area contributed by atoms with Crippen molar-refractivity contribution in [2.45, 2.75) is 26.9 Å². The van der Waals surface area contributed by atoms with E-state index >= 15 is 0 Å². The largest absolute Gasteiger partial charge is 0.389 e. The summed E-state index contributed by atoms with van der Waals surface area (Å²) >= 11 is 0. The van der Waals surface area contributed by atoms with E-state index < -0.39 is 6.10 Å². The number of nitrogen functional groups attached to an aromatic ring is 1. The first-order valence-corrected chi connectivity index (χ1v) is 3.81. The summed E-state index contributed by atoms with van der Waals surface area (Å²) in [4.78, 5) is 7.92. The molecule has 1 heterocycles. The molecule has 0 aliphatic heterocycles. The number of aliphatic hydroxyl groups is 1. The van der Waals surface area contributed by atoms with Crippen LogP contribution in [0, 0.1) is 13.8 Å². The topological polar surface area (TPSA) is 72.0 Å². The molecule has 0 radical (unpaired) electrons. The van der Waals surface area contributed by atoms with Gasteiger partial charge >= 0.3 is 0 Å². The zero-order chi connectivity index (χ0) is 9.30. The predicted octanol–water partition coefficient (Wildman–Crippen LogP) is 0.729. The van der Waals surface area contributed by atoms with Gasteiger partial charge in [0.05, 0.1) is 6.10 Å². The van der Waals surface area contributed by atoms with Crippen molar-refractivity contribution in [1.82, 2.24) is 9.97 Å². The number of nitrogens with two attached hydrogens (primary N) is 1. The van der Waals surface area contributed by atoms with E-state index in [9.17, 15) is 5.11 Å². The lowest BCUT2D eigenvalue weighted by molar-refractivity contribution is 0.196. The van der Waals surface area contributed by atoms with Gasteiger partial charge in [0.2, 0.25) is 5.95 Å². The molecule has 1 aromatic rings. The Kier molecular flexibility index (Phi) is 2.28. The fraction of sp³-hybridized carbons (Fsp3) is 0.500. The van der Waals surface area contributed by atoms with Crippen molar-refractivity contribution >= 4 is 5.95 Å². The molecule has 66 valence electrons. The molecule has 0 aliphatic carbocycles. The lowest BCUT2D eigenvalue weighted by Crippen LogP contribution is -2.06. The molecule has 0 saturated carbocycles. The van der Waals surface area contributed by atoms with Gasteiger partial charge in [0.1, 0.15) is 0 Å². The maximum atomic E-state index is 9.36. The molecule has 1 atom stereocenters. The second-order valence-electron chi connectivity index (χ2n) is 2.84. The summed E-state index contributed by atoms with van der Waals surface area (Å²) in [6.07, 6.45) is -0.536. The van der Waals surface area contributed by atoms with Crippen LogP contribution >= 0.6 is 0 Å². The second kappa shape index (κ2) is 3.06. The number of hydrogen-bond acceptors (Lipinski definition) is 4. The summed E-state index contributed by atoms with van der Waals surface area (Å²) in [6.45, 7) is 5.31. The van der Waals surface area contributed by atoms with E-state index in [2.05, 4.69) is 9.97 Å². The molecule has 1 rings (SSSR count). The van der Waals surface area contributed by atoms with E-state index in [0.717, 1.165) is 17.0 Å². The third-order valence-corrected chi connectivity index (χ3v) is 1.76. The molecule has 0 aromatic carbocycles. The van der Waals surface area contributed by atoms with Crippen molar-refractivity contribution in [1.29, 1.82) is 0 Å². The van der Waals surface area contributed by atoms with Crippen LogP contribution in [0.3, 0.4) is 0 Å². The Bertz CT molecular complexity index is 273. The van der Waals surface area contributed by atoms with Gasteiger partial charge in [-0.05, 0) is 20.8 Å². The molecule has 12 heavy (non-hydrogen) atoms. The molecule has 4 heteroatoms. The fourth-order valence-corrected chi connectivity index (χ4v) is 1.36. The van der Waals surface area contributed by atoms with Crippen molar-refractivity contribution in [3.8, 4) is 0 Å². The van der Waals surface area contributed by atoms with E-state index in [0.29, 0.717) is 0 Å². The van der Waals surface area contributed by atoms with E-state index in [1.54, 1.807) is 6.92 Å². The molecular weight excluding hydrogens is 154 g/mol. The van der Waals surface area contributed by atoms with Crippen molar-refractivity contribution in [3.05, 3.63) is 17.0 Å². The zero-order valence-electron chi connectivity index (χ0n) is 7.50. The second-order valence-corrected chi connectivity index (χ2v) is 2.84. The summed E-state index contributed by atoms with van der Waals surface area (Å²) < 4.78 is 0. The van der Waals surface area contributed by atoms with Gasteiger partial charge in [-0.15, -0.1) is 0 Å². The third kappa shape index (κ3) is 1.53. The number of aromatic nitrogens is 2. The van der Waals surface area contributed by atoms with Crippen molar-refractivity contribution in [2.24, 2.45) is 0 Å². The first-order valence-electron chi connectivity index (χ1n) is 3.81. The van der Waals surface area contributed by atoms with Crippen LogP contribution in [-0.2, 0) is 0 Å². The van der Waals surface area contributed by atoms with Crippen LogP contribution < -0.4 is 5.73 Å². The van der Waals surface area contributed by atoms with Crippen LogP contribution in [0.25, 0.3) is 0 Å². The number of hydrogen-bond donors (Lipinski definition) is 2. The lowest BCUT2D eigenvalue weighted by atomic mass is 10.1. The fourth-order valence-electron chi connectivity index (χ4n) is 1.36. The monoisotopic (exact) mass is 167 g/mol. The van der Waals surface area contributed by atoms with Gasteiger partial charge in [-0.1, -0.05) is 0 Å². The Morgan fingerprint density at radius 2 is 1.67 bits per heavy atom. The maximum absolute atomic E-state index is 9.36. The molecule has 0 fully saturated rings. The van der Waals surface area contributed by atoms with E-state index in [1.165, 1.54) is 0 Å². The normalized spacial score (nSPS) is 13.0. The van der Waals surface area contributed by atoms with Gasteiger partial charge in [0.15, 0.2) is 0 Å². The Balaban J connectivity index is 3.28. The zero-order valence-corrected chi connectivity index (χ0v) is 7.50. The SMILES string of the molecule is Cc1nc(N)nc(C)c1C(C)O. The van der Waals surface area contributed by atoms with E-state index in [-0.39, 0.29) is 5.95 Å². The highest BCUT2D eigenvalue weighted by Crippen LogP contribution is 2.18. The molecular formula is C8H13N3O. The summed E-state index contributed by atoms with van der Waals surface area (Å²) in [7, 11) is 0. The van der Waals surface area contributed by atoms with Gasteiger partial charge in [0.25, 0.3) is 0 Å². The minimum Gasteiger partial charge on any atom is -0.389 e. The predicted molar refractivity (Wildman–Crippen MR) is 46.6 cm³/mol. The van der Waals surface area contributed by atoms with Crippen molar-refractivity contribution in [3.63, 3.8) is 0 Å². The molecule has 0 spiro atoms. The summed E-state index contributed by atoms with van der Waals surface area (Å²) in [5.74, 6) is 0.259. The van der Waals surface area contributed by atoms with Gasteiger partial charge in [-0.2, -0.15) is 0 Å². The van der Waals surface area contributed by atoms with E-state index in [1.807, 2.05) is 13.8 Å². The van der Waals surface area contributed by atoms with Gasteiger partial charge in [0, 0.05) is 17.0 Å². The first kappa shape index (κ1) is 8.93. The Morgan fingerprint density at radius 3 is 2.00 bits per heavy atom. The molecule has 0 saturated heterocycles. The third-order valence-electron chi connectivity index (χ3n) is 1.76. The lowest BCUT2D eigenvalue weighted by Gasteiger charge is -2.10. The quantitative estimate of drug-likeness (QED) is 0.646. The van der Waals surface area contributed by atoms with Gasteiger partial charge in [-0.25, -0.2) is 9.97 Å². The van der Waals surface area contributed by atoms with Crippen LogP contribution in [0.5, 0.6) is 0 Å². The van der Waals surface area contributed by atoms with Crippen LogP contribution in [0.4, 0.5) is 5.95 Å². The van der Waals surface area contributed by atoms with Crippen LogP contribution in [0.1, 0.15) is 30.0 Å². The number of nitrogens with zero attached hydrogens (tertiary/aromatic N) is 2. The standard InChI is InChI=1S/C8H13N3O/c1-4-7(6(3)12)5(2)11-8(9)10-4/h6,12H,1-3H3,(H2,9,10,11). The molecule has 4 nitrogen and oxygen atoms in total. The molecule has 1 aromatic heterocycles. The maximum Gasteiger partial charge on any atom is 0.220 e. The van der Waals surface area contributed by atoms with Crippen LogP contribution in [-0.4, -0.2) is 15.1 Å². The number of aliphatic hydroxyl groups excluding tert-OH is 1. The van der Waals surface area contributed by atoms with Crippen molar-refractivity contribution < 1.29 is 5.11 Å². The van der Waals surface area contributed by atoms with Crippen molar-refractivity contribution in [2.75, 3.05) is 5.73 Å². The minimum atomic E-state index is -0.536. The van der Waals surface area contributed by atoms with E-state index in [4.69, 9.17) is 5.73 Å². The highest BCUT2D eigenvalue weighted by molar-refractivity contribution is 5.31. The Labute approximate surface area is 71.5 Å². The average Bonchev–Trinajstić information content (AvgIpc) is 1.82. The molecule has 1 unspecified atom stereocenters. The van der Waals surface area contributed by atoms with Crippen LogP contribution in [0.2, 0.25) is 0 Å². The molecule has 0 bridgehead atoms. The highest BCUT2D eigenvalue weighted by atomic mass is 16.3. The highest BCUT2D eigenvalue weighted by Gasteiger charge is 2.11. The molecule has 0 amide bonds. The number of aryl methyl sites for hydroxylation is 2. The number of anilines is 1. The first-order chi connectivity index (χ1) is 5.52. The van der Waals surface area contributed by atoms with Gasteiger partial charge in [-0.3, -0.25) is 0 Å². The average molecular weight is 167 g/mol. The Hall–Kier alpha value is -1.16. The minimum absolute atomic E-state index is 0.259. The smallest absolute Gasteiger partial charge is 0.220 e. The molecule has 0 aliphatic rings. The van der Waals surface area contributed by atoms with Gasteiger partial charge < -0.3 is 10.8 Å². The number of rotatable bonds is 1. The summed E-state index contributed by atoms with van der Waals surface area (Å²) in [5, 5.41) is 9.36. The summed E-state index contributed by atoms with van der Waals surface area (Å²) in [6, 6.07) is 0.